The summed E-state index contributed by atoms with van der Waals surface area (Å²) < 4.78 is 7.19. The minimum absolute atomic E-state index is 0.840. The van der Waals surface area contributed by atoms with Crippen LogP contribution in [-0.2, 0) is 6.42 Å². The van der Waals surface area contributed by atoms with Crippen LogP contribution >= 0.6 is 34.3 Å². The monoisotopic (exact) mass is 324 g/mol. The number of ether oxygens (including phenoxy) is 1. The molecule has 0 saturated carbocycles. The molecule has 2 aromatic heterocycles. The highest BCUT2D eigenvalue weighted by atomic mass is 35.5. The summed E-state index contributed by atoms with van der Waals surface area (Å²) in [5.74, 6) is 0.862. The lowest BCUT2D eigenvalue weighted by atomic mass is 10.3. The topological polar surface area (TPSA) is 34.1 Å². The number of aromatic nitrogens is 1. The van der Waals surface area contributed by atoms with E-state index in [9.17, 15) is 0 Å². The van der Waals surface area contributed by atoms with E-state index in [2.05, 4.69) is 16.4 Å². The number of halogens is 1. The average Bonchev–Trinajstić information content (AvgIpc) is 3.03. The van der Waals surface area contributed by atoms with Crippen LogP contribution in [0.25, 0.3) is 10.2 Å². The molecule has 6 heteroatoms. The summed E-state index contributed by atoms with van der Waals surface area (Å²) in [5.41, 5.74) is 0.998. The predicted molar refractivity (Wildman–Crippen MR) is 87.7 cm³/mol. The fraction of sp³-hybridized carbons (Fsp3) is 0.214. The van der Waals surface area contributed by atoms with E-state index in [4.69, 9.17) is 16.3 Å². The van der Waals surface area contributed by atoms with E-state index in [0.717, 1.165) is 38.4 Å². The maximum Gasteiger partial charge on any atom is 0.183 e. The van der Waals surface area contributed by atoms with Crippen molar-refractivity contribution in [2.45, 2.75) is 6.42 Å². The molecular formula is C14H13ClN2OS2. The lowest BCUT2D eigenvalue weighted by molar-refractivity contribution is 0.415. The van der Waals surface area contributed by atoms with Crippen LogP contribution in [0.15, 0.2) is 30.3 Å². The van der Waals surface area contributed by atoms with Crippen molar-refractivity contribution in [3.05, 3.63) is 39.5 Å². The number of thiophene rings is 1. The number of methoxy groups -OCH3 is 1. The van der Waals surface area contributed by atoms with Gasteiger partial charge in [0.1, 0.15) is 5.75 Å². The lowest BCUT2D eigenvalue weighted by Crippen LogP contribution is -2.03. The molecule has 1 aromatic carbocycles. The Morgan fingerprint density at radius 3 is 2.90 bits per heavy atom. The molecule has 20 heavy (non-hydrogen) atoms. The van der Waals surface area contributed by atoms with E-state index in [0.29, 0.717) is 0 Å². The van der Waals surface area contributed by atoms with Crippen LogP contribution in [0.2, 0.25) is 4.34 Å². The molecule has 0 radical (unpaired) electrons. The standard InChI is InChI=1S/C14H13ClN2OS2/c1-18-9-2-4-11-12(8-9)20-14(17-11)16-7-6-10-3-5-13(15)19-10/h2-5,8H,6-7H2,1H3,(H,16,17). The zero-order chi connectivity index (χ0) is 13.9. The summed E-state index contributed by atoms with van der Waals surface area (Å²) in [6.07, 6.45) is 0.955. The third kappa shape index (κ3) is 3.06. The van der Waals surface area contributed by atoms with Crippen LogP contribution in [0.3, 0.4) is 0 Å². The SMILES string of the molecule is COc1ccc2nc(NCCc3ccc(Cl)s3)sc2c1. The number of fused-ring (bicyclic) bond motifs is 1. The number of thiazole rings is 1. The van der Waals surface area contributed by atoms with E-state index in [1.807, 2.05) is 24.3 Å². The fourth-order valence-corrected chi connectivity index (χ4v) is 3.89. The number of rotatable bonds is 5. The molecule has 0 aliphatic rings. The molecule has 0 spiro atoms. The Hall–Kier alpha value is -1.30. The maximum atomic E-state index is 5.91. The lowest BCUT2D eigenvalue weighted by Gasteiger charge is -1.99. The second-order valence-electron chi connectivity index (χ2n) is 4.24. The van der Waals surface area contributed by atoms with Crippen LogP contribution in [0.4, 0.5) is 5.13 Å². The Kier molecular flexibility index (Phi) is 4.10. The van der Waals surface area contributed by atoms with Gasteiger partial charge >= 0.3 is 0 Å². The van der Waals surface area contributed by atoms with Gasteiger partial charge in [-0.1, -0.05) is 22.9 Å². The van der Waals surface area contributed by atoms with Crippen molar-refractivity contribution in [3.8, 4) is 5.75 Å². The summed E-state index contributed by atoms with van der Waals surface area (Å²) in [4.78, 5) is 5.84. The minimum atomic E-state index is 0.840. The molecule has 0 atom stereocenters. The highest BCUT2D eigenvalue weighted by Gasteiger charge is 2.05. The summed E-state index contributed by atoms with van der Waals surface area (Å²) in [6.45, 7) is 0.855. The van der Waals surface area contributed by atoms with Gasteiger partial charge in [0.15, 0.2) is 5.13 Å². The highest BCUT2D eigenvalue weighted by Crippen LogP contribution is 2.29. The van der Waals surface area contributed by atoms with Crippen LogP contribution in [-0.4, -0.2) is 18.6 Å². The molecule has 0 bridgehead atoms. The first-order valence-electron chi connectivity index (χ1n) is 6.17. The molecule has 3 nitrogen and oxygen atoms in total. The molecule has 0 aliphatic heterocycles. The van der Waals surface area contributed by atoms with Crippen LogP contribution in [0.1, 0.15) is 4.88 Å². The fourth-order valence-electron chi connectivity index (χ4n) is 1.89. The number of hydrogen-bond acceptors (Lipinski definition) is 5. The van der Waals surface area contributed by atoms with Crippen molar-refractivity contribution in [2.24, 2.45) is 0 Å². The quantitative estimate of drug-likeness (QED) is 0.740. The predicted octanol–water partition coefficient (Wildman–Crippen LogP) is 4.67. The molecule has 104 valence electrons. The summed E-state index contributed by atoms with van der Waals surface area (Å²) >= 11 is 9.18. The van der Waals surface area contributed by atoms with E-state index in [1.54, 1.807) is 29.8 Å². The molecule has 1 N–H and O–H groups in total. The summed E-state index contributed by atoms with van der Waals surface area (Å²) in [7, 11) is 1.67. The second-order valence-corrected chi connectivity index (χ2v) is 7.07. The van der Waals surface area contributed by atoms with Crippen LogP contribution in [0, 0.1) is 0 Å². The Labute approximate surface area is 130 Å². The van der Waals surface area contributed by atoms with E-state index in [1.165, 1.54) is 4.88 Å². The zero-order valence-corrected chi connectivity index (χ0v) is 13.2. The van der Waals surface area contributed by atoms with Gasteiger partial charge in [-0.2, -0.15) is 0 Å². The van der Waals surface area contributed by atoms with Gasteiger partial charge < -0.3 is 10.1 Å². The maximum absolute atomic E-state index is 5.91. The Balaban J connectivity index is 1.65. The van der Waals surface area contributed by atoms with E-state index >= 15 is 0 Å². The minimum Gasteiger partial charge on any atom is -0.497 e. The second kappa shape index (κ2) is 5.99. The van der Waals surface area contributed by atoms with Crippen molar-refractivity contribution < 1.29 is 4.74 Å². The van der Waals surface area contributed by atoms with Gasteiger partial charge in [-0.15, -0.1) is 11.3 Å². The Morgan fingerprint density at radius 1 is 1.25 bits per heavy atom. The van der Waals surface area contributed by atoms with Gasteiger partial charge in [0, 0.05) is 11.4 Å². The van der Waals surface area contributed by atoms with Gasteiger partial charge in [-0.05, 0) is 36.8 Å². The summed E-state index contributed by atoms with van der Waals surface area (Å²) in [6, 6.07) is 9.93. The summed E-state index contributed by atoms with van der Waals surface area (Å²) in [5, 5.41) is 4.30. The van der Waals surface area contributed by atoms with Gasteiger partial charge in [0.25, 0.3) is 0 Å². The number of hydrogen-bond donors (Lipinski definition) is 1. The van der Waals surface area contributed by atoms with Gasteiger partial charge in [-0.25, -0.2) is 4.98 Å². The normalized spacial score (nSPS) is 10.9. The molecule has 0 fully saturated rings. The number of nitrogens with one attached hydrogen (secondary N) is 1. The molecule has 0 amide bonds. The van der Waals surface area contributed by atoms with Crippen molar-refractivity contribution in [3.63, 3.8) is 0 Å². The molecule has 0 aliphatic carbocycles. The molecule has 3 rings (SSSR count). The van der Waals surface area contributed by atoms with Crippen molar-refractivity contribution in [1.29, 1.82) is 0 Å². The van der Waals surface area contributed by atoms with Crippen molar-refractivity contribution in [1.82, 2.24) is 4.98 Å². The molecule has 0 unspecified atom stereocenters. The van der Waals surface area contributed by atoms with Gasteiger partial charge in [-0.3, -0.25) is 0 Å². The number of nitrogens with zero attached hydrogens (tertiary/aromatic N) is 1. The number of benzene rings is 1. The van der Waals surface area contributed by atoms with E-state index < -0.39 is 0 Å². The van der Waals surface area contributed by atoms with Crippen LogP contribution < -0.4 is 10.1 Å². The van der Waals surface area contributed by atoms with Crippen molar-refractivity contribution >= 4 is 49.6 Å². The first kappa shape index (κ1) is 13.7. The van der Waals surface area contributed by atoms with Crippen LogP contribution in [0.5, 0.6) is 5.75 Å². The average molecular weight is 325 g/mol. The third-order valence-corrected chi connectivity index (χ3v) is 5.14. The Morgan fingerprint density at radius 2 is 2.15 bits per heavy atom. The van der Waals surface area contributed by atoms with Gasteiger partial charge in [0.2, 0.25) is 0 Å². The zero-order valence-electron chi connectivity index (χ0n) is 10.9. The Bertz CT molecular complexity index is 723. The smallest absolute Gasteiger partial charge is 0.183 e. The van der Waals surface area contributed by atoms with Crippen molar-refractivity contribution in [2.75, 3.05) is 19.0 Å². The number of anilines is 1. The molecular weight excluding hydrogens is 312 g/mol. The highest BCUT2D eigenvalue weighted by molar-refractivity contribution is 7.22. The first-order chi connectivity index (χ1) is 9.74. The first-order valence-corrected chi connectivity index (χ1v) is 8.18. The molecule has 2 heterocycles. The largest absolute Gasteiger partial charge is 0.497 e. The molecule has 3 aromatic rings. The third-order valence-electron chi connectivity index (χ3n) is 2.87. The molecule has 0 saturated heterocycles. The van der Waals surface area contributed by atoms with E-state index in [-0.39, 0.29) is 0 Å². The van der Waals surface area contributed by atoms with Gasteiger partial charge in [0.05, 0.1) is 21.7 Å².